The van der Waals surface area contributed by atoms with Crippen molar-refractivity contribution in [1.82, 2.24) is 9.38 Å². The van der Waals surface area contributed by atoms with Gasteiger partial charge in [-0.05, 0) is 98.4 Å². The molecule has 278 valence electrons. The maximum atomic E-state index is 6.77. The zero-order valence-corrected chi connectivity index (χ0v) is 32.2. The van der Waals surface area contributed by atoms with Crippen molar-refractivity contribution < 1.29 is 4.42 Å². The Hall–Kier alpha value is -8.15. The molecule has 0 N–H and O–H groups in total. The number of benzene rings is 10. The van der Waals surface area contributed by atoms with Gasteiger partial charge in [0.25, 0.3) is 0 Å². The first kappa shape index (κ1) is 31.9. The van der Waals surface area contributed by atoms with Crippen LogP contribution in [0, 0.1) is 0 Å². The SMILES string of the molecule is c1ccc2c(c1)N(c1ccc3c(c1)nc1c4ccccc4c4ccccc4n31)c1cc3c4ccccc4c4ccccc4c3cc1N2c1cccc2c1oc1ccccc12. The number of hydrogen-bond donors (Lipinski definition) is 0. The number of fused-ring (bicyclic) bond motifs is 19. The first-order valence-electron chi connectivity index (χ1n) is 20.5. The van der Waals surface area contributed by atoms with E-state index < -0.39 is 0 Å². The normalized spacial score (nSPS) is 12.9. The summed E-state index contributed by atoms with van der Waals surface area (Å²) in [6.45, 7) is 0. The van der Waals surface area contributed by atoms with E-state index in [2.05, 4.69) is 202 Å². The summed E-state index contributed by atoms with van der Waals surface area (Å²) in [6.07, 6.45) is 0. The first-order valence-corrected chi connectivity index (χ1v) is 20.5. The molecule has 13 aromatic rings. The minimum Gasteiger partial charge on any atom is -0.454 e. The van der Waals surface area contributed by atoms with Gasteiger partial charge in [-0.3, -0.25) is 4.40 Å². The minimum atomic E-state index is 0.863. The number of aromatic nitrogens is 2. The van der Waals surface area contributed by atoms with Gasteiger partial charge in [0.05, 0.1) is 45.0 Å². The van der Waals surface area contributed by atoms with Gasteiger partial charge in [-0.1, -0.05) is 133 Å². The van der Waals surface area contributed by atoms with Crippen molar-refractivity contribution in [3.63, 3.8) is 0 Å². The van der Waals surface area contributed by atoms with Crippen molar-refractivity contribution in [1.29, 1.82) is 0 Å². The van der Waals surface area contributed by atoms with Crippen LogP contribution in [0.25, 0.3) is 92.6 Å². The summed E-state index contributed by atoms with van der Waals surface area (Å²) in [4.78, 5) is 10.3. The van der Waals surface area contributed by atoms with Gasteiger partial charge in [0.1, 0.15) is 11.2 Å². The fraction of sp³-hybridized carbons (Fsp3) is 0. The average molecular weight is 765 g/mol. The zero-order chi connectivity index (χ0) is 39.1. The number of anilines is 6. The largest absolute Gasteiger partial charge is 0.454 e. The maximum Gasteiger partial charge on any atom is 0.159 e. The molecule has 4 heterocycles. The molecule has 5 nitrogen and oxygen atoms in total. The van der Waals surface area contributed by atoms with Crippen molar-refractivity contribution in [3.05, 3.63) is 194 Å². The molecule has 0 atom stereocenters. The van der Waals surface area contributed by atoms with Gasteiger partial charge >= 0.3 is 0 Å². The summed E-state index contributed by atoms with van der Waals surface area (Å²) in [5.74, 6) is 0. The lowest BCUT2D eigenvalue weighted by Gasteiger charge is -2.40. The summed E-state index contributed by atoms with van der Waals surface area (Å²) >= 11 is 0. The highest BCUT2D eigenvalue weighted by Gasteiger charge is 2.33. The highest BCUT2D eigenvalue weighted by atomic mass is 16.3. The van der Waals surface area contributed by atoms with Crippen molar-refractivity contribution in [2.75, 3.05) is 9.80 Å². The van der Waals surface area contributed by atoms with E-state index in [0.717, 1.165) is 83.6 Å². The molecule has 0 bridgehead atoms. The molecular formula is C55H32N4O. The summed E-state index contributed by atoms with van der Waals surface area (Å²) in [5.41, 5.74) is 12.2. The molecule has 0 spiro atoms. The summed E-state index contributed by atoms with van der Waals surface area (Å²) in [7, 11) is 0. The maximum absolute atomic E-state index is 6.77. The van der Waals surface area contributed by atoms with Crippen LogP contribution in [0.3, 0.4) is 0 Å². The van der Waals surface area contributed by atoms with E-state index in [1.54, 1.807) is 0 Å². The third-order valence-electron chi connectivity index (χ3n) is 12.8. The molecule has 0 saturated carbocycles. The predicted octanol–water partition coefficient (Wildman–Crippen LogP) is 15.4. The lowest BCUT2D eigenvalue weighted by atomic mass is 9.92. The number of hydrogen-bond acceptors (Lipinski definition) is 4. The number of imidazole rings is 1. The topological polar surface area (TPSA) is 36.9 Å². The van der Waals surface area contributed by atoms with E-state index in [-0.39, 0.29) is 0 Å². The summed E-state index contributed by atoms with van der Waals surface area (Å²) in [5, 5.41) is 13.1. The van der Waals surface area contributed by atoms with Gasteiger partial charge in [0, 0.05) is 27.2 Å². The Labute approximate surface area is 343 Å². The lowest BCUT2D eigenvalue weighted by Crippen LogP contribution is -2.24. The van der Waals surface area contributed by atoms with Crippen LogP contribution in [-0.4, -0.2) is 9.38 Å². The Morgan fingerprint density at radius 2 is 0.850 bits per heavy atom. The van der Waals surface area contributed by atoms with E-state index in [1.165, 1.54) is 43.1 Å². The third-order valence-corrected chi connectivity index (χ3v) is 12.8. The second kappa shape index (κ2) is 11.7. The molecule has 1 aliphatic rings. The Kier molecular flexibility index (Phi) is 6.23. The molecule has 0 amide bonds. The van der Waals surface area contributed by atoms with Crippen LogP contribution in [0.15, 0.2) is 199 Å². The van der Waals surface area contributed by atoms with Gasteiger partial charge in [-0.2, -0.15) is 0 Å². The summed E-state index contributed by atoms with van der Waals surface area (Å²) < 4.78 is 9.09. The number of para-hydroxylation sites is 5. The molecule has 1 aliphatic heterocycles. The molecule has 10 aromatic carbocycles. The van der Waals surface area contributed by atoms with Gasteiger partial charge in [0.2, 0.25) is 0 Å². The van der Waals surface area contributed by atoms with Crippen LogP contribution in [0.1, 0.15) is 0 Å². The third kappa shape index (κ3) is 4.17. The Balaban J connectivity index is 1.10. The Morgan fingerprint density at radius 3 is 1.57 bits per heavy atom. The van der Waals surface area contributed by atoms with Gasteiger partial charge in [-0.15, -0.1) is 0 Å². The van der Waals surface area contributed by atoms with E-state index >= 15 is 0 Å². The quantitative estimate of drug-likeness (QED) is 0.164. The highest BCUT2D eigenvalue weighted by Crippen LogP contribution is 2.57. The molecule has 60 heavy (non-hydrogen) atoms. The minimum absolute atomic E-state index is 0.863. The standard InChI is InChI=1S/C55H32N4O/c1-3-16-36-34(14-1)35-15-2-4-17-37(35)44-32-52-51(31-43(36)44)57(48-24-10-11-25-49(48)58(52)50-26-13-22-41-40-20-8-12-27-53(40)60-54(41)50)33-28-29-47-45(30-33)56-55-42-21-6-5-18-38(42)39-19-7-9-23-46(39)59(47)55/h1-32H. The molecule has 5 heteroatoms. The van der Waals surface area contributed by atoms with Crippen LogP contribution in [0.5, 0.6) is 0 Å². The van der Waals surface area contributed by atoms with Crippen LogP contribution >= 0.6 is 0 Å². The molecule has 0 fully saturated rings. The number of nitrogens with zero attached hydrogens (tertiary/aromatic N) is 4. The van der Waals surface area contributed by atoms with Crippen LogP contribution < -0.4 is 9.80 Å². The monoisotopic (exact) mass is 764 g/mol. The Morgan fingerprint density at radius 1 is 0.333 bits per heavy atom. The zero-order valence-electron chi connectivity index (χ0n) is 32.2. The van der Waals surface area contributed by atoms with Gasteiger partial charge in [0.15, 0.2) is 5.58 Å². The van der Waals surface area contributed by atoms with Crippen LogP contribution in [-0.2, 0) is 0 Å². The van der Waals surface area contributed by atoms with Crippen molar-refractivity contribution in [3.8, 4) is 0 Å². The molecule has 0 radical (unpaired) electrons. The fourth-order valence-electron chi connectivity index (χ4n) is 10.3. The van der Waals surface area contributed by atoms with Crippen LogP contribution in [0.2, 0.25) is 0 Å². The highest BCUT2D eigenvalue weighted by molar-refractivity contribution is 6.27. The smallest absolute Gasteiger partial charge is 0.159 e. The van der Waals surface area contributed by atoms with E-state index in [9.17, 15) is 0 Å². The molecular weight excluding hydrogens is 733 g/mol. The molecule has 0 saturated heterocycles. The second-order valence-electron chi connectivity index (χ2n) is 15.9. The van der Waals surface area contributed by atoms with Crippen molar-refractivity contribution in [2.24, 2.45) is 0 Å². The van der Waals surface area contributed by atoms with E-state index in [0.29, 0.717) is 0 Å². The number of rotatable bonds is 2. The molecule has 0 unspecified atom stereocenters. The Bertz CT molecular complexity index is 3990. The number of furan rings is 1. The average Bonchev–Trinajstić information content (AvgIpc) is 3.90. The lowest BCUT2D eigenvalue weighted by molar-refractivity contribution is 0.669. The first-order chi connectivity index (χ1) is 29.8. The molecule has 3 aromatic heterocycles. The predicted molar refractivity (Wildman–Crippen MR) is 250 cm³/mol. The van der Waals surface area contributed by atoms with Gasteiger partial charge in [-0.25, -0.2) is 4.98 Å². The van der Waals surface area contributed by atoms with E-state index in [4.69, 9.17) is 9.40 Å². The van der Waals surface area contributed by atoms with Gasteiger partial charge < -0.3 is 14.2 Å². The van der Waals surface area contributed by atoms with E-state index in [1.807, 2.05) is 6.07 Å². The number of pyridine rings is 1. The van der Waals surface area contributed by atoms with Crippen molar-refractivity contribution in [2.45, 2.75) is 0 Å². The molecule has 0 aliphatic carbocycles. The molecule has 14 rings (SSSR count). The van der Waals surface area contributed by atoms with Crippen LogP contribution in [0.4, 0.5) is 34.1 Å². The van der Waals surface area contributed by atoms with Crippen molar-refractivity contribution >= 4 is 127 Å². The summed E-state index contributed by atoms with van der Waals surface area (Å²) in [6, 6.07) is 70.1. The second-order valence-corrected chi connectivity index (χ2v) is 15.9. The fourth-order valence-corrected chi connectivity index (χ4v) is 10.3.